The number of likely N-dealkylation sites (tertiary alicyclic amines) is 1. The first-order chi connectivity index (χ1) is 10.9. The largest absolute Gasteiger partial charge is 0.306 e. The van der Waals surface area contributed by atoms with E-state index in [2.05, 4.69) is 17.0 Å². The SMILES string of the molecule is Cc1nn(C2CCCC2)cc1S(=O)(=O)N(C)C1CCN(C)CC1. The lowest BCUT2D eigenvalue weighted by Gasteiger charge is -2.34. The molecule has 0 aromatic carbocycles. The van der Waals surface area contributed by atoms with Crippen LogP contribution in [0.4, 0.5) is 0 Å². The van der Waals surface area contributed by atoms with Crippen LogP contribution in [0.1, 0.15) is 50.3 Å². The maximum Gasteiger partial charge on any atom is 0.246 e. The summed E-state index contributed by atoms with van der Waals surface area (Å²) in [6.45, 7) is 3.70. The summed E-state index contributed by atoms with van der Waals surface area (Å²) in [5.41, 5.74) is 0.622. The topological polar surface area (TPSA) is 58.4 Å². The number of sulfonamides is 1. The highest BCUT2D eigenvalue weighted by molar-refractivity contribution is 7.89. The fraction of sp³-hybridized carbons (Fsp3) is 0.812. The molecule has 3 rings (SSSR count). The van der Waals surface area contributed by atoms with Crippen LogP contribution in [-0.4, -0.2) is 60.6 Å². The molecule has 1 saturated carbocycles. The van der Waals surface area contributed by atoms with E-state index < -0.39 is 10.0 Å². The molecule has 0 N–H and O–H groups in total. The van der Waals surface area contributed by atoms with Crippen LogP contribution in [-0.2, 0) is 10.0 Å². The molecule has 2 aliphatic rings. The Morgan fingerprint density at radius 3 is 2.39 bits per heavy atom. The summed E-state index contributed by atoms with van der Waals surface area (Å²) in [4.78, 5) is 2.63. The summed E-state index contributed by atoms with van der Waals surface area (Å²) in [6.07, 6.45) is 8.16. The average molecular weight is 340 g/mol. The van der Waals surface area contributed by atoms with Gasteiger partial charge < -0.3 is 4.90 Å². The zero-order chi connectivity index (χ0) is 16.6. The molecule has 7 heteroatoms. The van der Waals surface area contributed by atoms with Gasteiger partial charge in [-0.05, 0) is 52.7 Å². The number of aromatic nitrogens is 2. The van der Waals surface area contributed by atoms with Crippen LogP contribution in [0.5, 0.6) is 0 Å². The first-order valence-corrected chi connectivity index (χ1v) is 10.1. The van der Waals surface area contributed by atoms with Crippen molar-refractivity contribution >= 4 is 10.0 Å². The molecule has 1 aromatic heterocycles. The van der Waals surface area contributed by atoms with E-state index in [1.807, 2.05) is 4.68 Å². The van der Waals surface area contributed by atoms with Gasteiger partial charge in [0.15, 0.2) is 0 Å². The Kier molecular flexibility index (Phi) is 4.80. The van der Waals surface area contributed by atoms with Crippen molar-refractivity contribution in [1.29, 1.82) is 0 Å². The average Bonchev–Trinajstić information content (AvgIpc) is 3.16. The van der Waals surface area contributed by atoms with Crippen LogP contribution in [0.15, 0.2) is 11.1 Å². The molecule has 1 aliphatic carbocycles. The number of nitrogens with zero attached hydrogens (tertiary/aromatic N) is 4. The van der Waals surface area contributed by atoms with Crippen LogP contribution in [0.2, 0.25) is 0 Å². The highest BCUT2D eigenvalue weighted by atomic mass is 32.2. The standard InChI is InChI=1S/C16H28N4O2S/c1-13-16(12-20(17-13)15-6-4-5-7-15)23(21,22)19(3)14-8-10-18(2)11-9-14/h12,14-15H,4-11H2,1-3H3. The number of aryl methyl sites for hydroxylation is 1. The Morgan fingerprint density at radius 2 is 1.78 bits per heavy atom. The lowest BCUT2D eigenvalue weighted by Crippen LogP contribution is -2.44. The van der Waals surface area contributed by atoms with Gasteiger partial charge in [-0.3, -0.25) is 4.68 Å². The zero-order valence-electron chi connectivity index (χ0n) is 14.4. The van der Waals surface area contributed by atoms with Crippen molar-refractivity contribution in [2.45, 2.75) is 62.4 Å². The zero-order valence-corrected chi connectivity index (χ0v) is 15.2. The molecular formula is C16H28N4O2S. The Morgan fingerprint density at radius 1 is 1.17 bits per heavy atom. The maximum atomic E-state index is 13.0. The van der Waals surface area contributed by atoms with E-state index in [-0.39, 0.29) is 6.04 Å². The van der Waals surface area contributed by atoms with Gasteiger partial charge in [0.1, 0.15) is 4.90 Å². The quantitative estimate of drug-likeness (QED) is 0.841. The second kappa shape index (κ2) is 6.53. The monoisotopic (exact) mass is 340 g/mol. The van der Waals surface area contributed by atoms with Crippen molar-refractivity contribution in [3.8, 4) is 0 Å². The number of hydrogen-bond acceptors (Lipinski definition) is 4. The van der Waals surface area contributed by atoms with Crippen molar-refractivity contribution < 1.29 is 8.42 Å². The summed E-state index contributed by atoms with van der Waals surface area (Å²) in [6, 6.07) is 0.455. The Hall–Kier alpha value is -0.920. The van der Waals surface area contributed by atoms with Gasteiger partial charge in [-0.1, -0.05) is 12.8 Å². The molecule has 0 unspecified atom stereocenters. The third-order valence-electron chi connectivity index (χ3n) is 5.43. The molecule has 0 bridgehead atoms. The number of rotatable bonds is 4. The van der Waals surface area contributed by atoms with E-state index in [9.17, 15) is 8.42 Å². The van der Waals surface area contributed by atoms with Crippen LogP contribution in [0.25, 0.3) is 0 Å². The molecule has 23 heavy (non-hydrogen) atoms. The van der Waals surface area contributed by atoms with Crippen molar-refractivity contribution in [2.24, 2.45) is 0 Å². The van der Waals surface area contributed by atoms with Gasteiger partial charge in [-0.25, -0.2) is 8.42 Å². The summed E-state index contributed by atoms with van der Waals surface area (Å²) < 4.78 is 29.5. The first-order valence-electron chi connectivity index (χ1n) is 8.62. The van der Waals surface area contributed by atoms with E-state index >= 15 is 0 Å². The minimum atomic E-state index is -3.46. The van der Waals surface area contributed by atoms with E-state index in [1.54, 1.807) is 24.5 Å². The lowest BCUT2D eigenvalue weighted by atomic mass is 10.1. The molecular weight excluding hydrogens is 312 g/mol. The molecule has 0 atom stereocenters. The smallest absolute Gasteiger partial charge is 0.246 e. The third-order valence-corrected chi connectivity index (χ3v) is 7.44. The molecule has 1 saturated heterocycles. The number of piperidine rings is 1. The normalized spacial score (nSPS) is 22.3. The lowest BCUT2D eigenvalue weighted by molar-refractivity contribution is 0.197. The highest BCUT2D eigenvalue weighted by Crippen LogP contribution is 2.31. The summed E-state index contributed by atoms with van der Waals surface area (Å²) in [5.74, 6) is 0. The van der Waals surface area contributed by atoms with E-state index in [1.165, 1.54) is 12.8 Å². The van der Waals surface area contributed by atoms with E-state index in [0.717, 1.165) is 38.8 Å². The second-order valence-corrected chi connectivity index (χ2v) is 9.02. The maximum absolute atomic E-state index is 13.0. The predicted molar refractivity (Wildman–Crippen MR) is 89.9 cm³/mol. The molecule has 6 nitrogen and oxygen atoms in total. The van der Waals surface area contributed by atoms with Crippen LogP contribution < -0.4 is 0 Å². The van der Waals surface area contributed by atoms with Crippen molar-refractivity contribution in [2.75, 3.05) is 27.2 Å². The van der Waals surface area contributed by atoms with Gasteiger partial charge in [-0.15, -0.1) is 0 Å². The van der Waals surface area contributed by atoms with Gasteiger partial charge in [-0.2, -0.15) is 9.40 Å². The summed E-state index contributed by atoms with van der Waals surface area (Å²) in [5, 5.41) is 4.50. The molecule has 0 radical (unpaired) electrons. The van der Waals surface area contributed by atoms with Gasteiger partial charge in [0.25, 0.3) is 0 Å². The third kappa shape index (κ3) is 3.32. The highest BCUT2D eigenvalue weighted by Gasteiger charge is 2.33. The summed E-state index contributed by atoms with van der Waals surface area (Å²) in [7, 11) is 0.340. The fourth-order valence-corrected chi connectivity index (χ4v) is 5.35. The van der Waals surface area contributed by atoms with Crippen molar-refractivity contribution in [1.82, 2.24) is 19.0 Å². The van der Waals surface area contributed by atoms with Crippen LogP contribution in [0, 0.1) is 6.92 Å². The summed E-state index contributed by atoms with van der Waals surface area (Å²) >= 11 is 0. The number of hydrogen-bond donors (Lipinski definition) is 0. The molecule has 1 aromatic rings. The van der Waals surface area contributed by atoms with Crippen LogP contribution in [0.3, 0.4) is 0 Å². The molecule has 2 heterocycles. The minimum Gasteiger partial charge on any atom is -0.306 e. The predicted octanol–water partition coefficient (Wildman–Crippen LogP) is 2.02. The fourth-order valence-electron chi connectivity index (χ4n) is 3.78. The Bertz CT molecular complexity index is 641. The molecule has 0 amide bonds. The van der Waals surface area contributed by atoms with Crippen LogP contribution >= 0.6 is 0 Å². The molecule has 130 valence electrons. The second-order valence-electron chi connectivity index (χ2n) is 7.05. The first kappa shape index (κ1) is 16.9. The Labute approximate surface area is 139 Å². The van der Waals surface area contributed by atoms with Gasteiger partial charge >= 0.3 is 0 Å². The Balaban J connectivity index is 1.81. The molecule has 2 fully saturated rings. The minimum absolute atomic E-state index is 0.0884. The van der Waals surface area contributed by atoms with E-state index in [4.69, 9.17) is 0 Å². The van der Waals surface area contributed by atoms with Gasteiger partial charge in [0.2, 0.25) is 10.0 Å². The molecule has 0 spiro atoms. The van der Waals surface area contributed by atoms with Gasteiger partial charge in [0, 0.05) is 19.3 Å². The van der Waals surface area contributed by atoms with E-state index in [0.29, 0.717) is 16.6 Å². The van der Waals surface area contributed by atoms with Gasteiger partial charge in [0.05, 0.1) is 11.7 Å². The van der Waals surface area contributed by atoms with Crippen molar-refractivity contribution in [3.63, 3.8) is 0 Å². The molecule has 1 aliphatic heterocycles. The van der Waals surface area contributed by atoms with Crippen molar-refractivity contribution in [3.05, 3.63) is 11.9 Å².